The van der Waals surface area contributed by atoms with Gasteiger partial charge in [-0.15, -0.1) is 0 Å². The van der Waals surface area contributed by atoms with Crippen LogP contribution in [-0.4, -0.2) is 49.0 Å². The summed E-state index contributed by atoms with van der Waals surface area (Å²) in [5.74, 6) is 0.243. The van der Waals surface area contributed by atoms with E-state index in [1.807, 2.05) is 87.4 Å². The Morgan fingerprint density at radius 3 is 2.38 bits per heavy atom. The van der Waals surface area contributed by atoms with Gasteiger partial charge >= 0.3 is 5.97 Å². The van der Waals surface area contributed by atoms with Crippen molar-refractivity contribution < 1.29 is 19.4 Å². The van der Waals surface area contributed by atoms with E-state index in [1.165, 1.54) is 0 Å². The van der Waals surface area contributed by atoms with Crippen LogP contribution in [0.3, 0.4) is 0 Å². The molecule has 0 saturated carbocycles. The van der Waals surface area contributed by atoms with Crippen LogP contribution >= 0.6 is 23.2 Å². The molecule has 0 saturated heterocycles. The summed E-state index contributed by atoms with van der Waals surface area (Å²) in [4.78, 5) is 28.8. The summed E-state index contributed by atoms with van der Waals surface area (Å²) >= 11 is 13.5. The molecule has 1 aliphatic rings. The Kier molecular flexibility index (Phi) is 8.47. The van der Waals surface area contributed by atoms with Crippen molar-refractivity contribution >= 4 is 62.7 Å². The molecule has 1 amide bonds. The van der Waals surface area contributed by atoms with Crippen LogP contribution in [0.2, 0.25) is 10.0 Å². The quantitative estimate of drug-likeness (QED) is 0.159. The fourth-order valence-corrected chi connectivity index (χ4v) is 8.07. The van der Waals surface area contributed by atoms with Gasteiger partial charge in [0.2, 0.25) is 0 Å². The number of aromatic carboxylic acids is 1. The lowest BCUT2D eigenvalue weighted by Gasteiger charge is -2.34. The van der Waals surface area contributed by atoms with E-state index in [4.69, 9.17) is 33.0 Å². The molecule has 0 aliphatic carbocycles. The topological polar surface area (TPSA) is 94.5 Å². The summed E-state index contributed by atoms with van der Waals surface area (Å²) in [7, 11) is 3.79. The lowest BCUT2D eigenvalue weighted by Crippen LogP contribution is -2.43. The molecule has 0 unspecified atom stereocenters. The van der Waals surface area contributed by atoms with Gasteiger partial charge in [0.1, 0.15) is 17.3 Å². The molecule has 1 N–H and O–H groups in total. The fourth-order valence-electron chi connectivity index (χ4n) is 7.72. The largest absolute Gasteiger partial charge is 0.494 e. The molecule has 50 heavy (non-hydrogen) atoms. The van der Waals surface area contributed by atoms with Crippen LogP contribution in [0.1, 0.15) is 68.3 Å². The second-order valence-corrected chi connectivity index (χ2v) is 14.2. The first-order valence-corrected chi connectivity index (χ1v) is 17.4. The standard InChI is InChI=1S/C39H39Cl2N5O4/c1-20-16-25(17-21(2)35(20)41)50-15-9-11-26-27-13-14-30(40)34(33-23(4)42-44(7)24(33)5)36(27)46-22(3)19-45(38(47)37(26)46)32-18-29-28(39(48)49)10-8-12-31(29)43(32)6/h8,10,12-14,16-18,22H,9,11,15,19H2,1-7H3,(H,48,49)/t22-/m1/s1. The summed E-state index contributed by atoms with van der Waals surface area (Å²) in [6.45, 7) is 10.9. The van der Waals surface area contributed by atoms with Gasteiger partial charge in [0.15, 0.2) is 0 Å². The highest BCUT2D eigenvalue weighted by Crippen LogP contribution is 2.45. The molecule has 11 heteroatoms. The zero-order valence-corrected chi connectivity index (χ0v) is 30.7. The second-order valence-electron chi connectivity index (χ2n) is 13.4. The van der Waals surface area contributed by atoms with E-state index in [0.717, 1.165) is 66.4 Å². The number of carboxylic acid groups (broad SMARTS) is 1. The number of benzene rings is 3. The third-order valence-electron chi connectivity index (χ3n) is 10.1. The van der Waals surface area contributed by atoms with E-state index >= 15 is 0 Å². The van der Waals surface area contributed by atoms with E-state index in [-0.39, 0.29) is 17.5 Å². The predicted octanol–water partition coefficient (Wildman–Crippen LogP) is 9.01. The number of amides is 1. The van der Waals surface area contributed by atoms with Gasteiger partial charge in [0.25, 0.3) is 5.91 Å². The Labute approximate surface area is 300 Å². The number of nitrogens with zero attached hydrogens (tertiary/aromatic N) is 5. The Hall–Kier alpha value is -4.73. The first-order chi connectivity index (χ1) is 23.8. The van der Waals surface area contributed by atoms with Gasteiger partial charge in [0.05, 0.1) is 33.9 Å². The normalized spacial score (nSPS) is 14.6. The van der Waals surface area contributed by atoms with Gasteiger partial charge in [0, 0.05) is 59.3 Å². The number of aromatic nitrogens is 4. The van der Waals surface area contributed by atoms with Crippen LogP contribution in [0.25, 0.3) is 32.9 Å². The SMILES string of the molecule is Cc1cc(OCCCc2c3n(c4c(-c5c(C)nn(C)c5C)c(Cl)ccc24)[C@H](C)CN(c2cc4c(C(=O)O)cccc4n2C)C3=O)cc(C)c1Cl. The molecule has 1 atom stereocenters. The van der Waals surface area contributed by atoms with Gasteiger partial charge in [-0.2, -0.15) is 5.10 Å². The van der Waals surface area contributed by atoms with Crippen LogP contribution in [-0.2, 0) is 20.5 Å². The zero-order chi connectivity index (χ0) is 35.8. The van der Waals surface area contributed by atoms with E-state index in [2.05, 4.69) is 11.5 Å². The lowest BCUT2D eigenvalue weighted by atomic mass is 9.98. The monoisotopic (exact) mass is 711 g/mol. The molecule has 6 aromatic rings. The number of hydrogen-bond donors (Lipinski definition) is 1. The Balaban J connectivity index is 1.37. The second kappa shape index (κ2) is 12.5. The van der Waals surface area contributed by atoms with Crippen molar-refractivity contribution in [1.82, 2.24) is 18.9 Å². The number of carbonyl (C=O) groups is 2. The molecule has 3 aromatic heterocycles. The predicted molar refractivity (Wildman–Crippen MR) is 200 cm³/mol. The number of anilines is 1. The van der Waals surface area contributed by atoms with Crippen LogP contribution in [0, 0.1) is 27.7 Å². The number of halogens is 2. The minimum atomic E-state index is -1.01. The third-order valence-corrected chi connectivity index (χ3v) is 11.0. The van der Waals surface area contributed by atoms with Crippen molar-refractivity contribution in [2.24, 2.45) is 14.1 Å². The minimum Gasteiger partial charge on any atom is -0.494 e. The maximum atomic E-state index is 14.9. The molecule has 3 aromatic carbocycles. The zero-order valence-electron chi connectivity index (χ0n) is 29.2. The summed E-state index contributed by atoms with van der Waals surface area (Å²) in [5.41, 5.74) is 8.98. The number of ether oxygens (including phenoxy) is 1. The van der Waals surface area contributed by atoms with Crippen LogP contribution in [0.5, 0.6) is 5.75 Å². The van der Waals surface area contributed by atoms with Gasteiger partial charge in [-0.25, -0.2) is 4.79 Å². The molecule has 258 valence electrons. The highest BCUT2D eigenvalue weighted by molar-refractivity contribution is 6.35. The van der Waals surface area contributed by atoms with Crippen molar-refractivity contribution in [3.63, 3.8) is 0 Å². The number of carbonyl (C=O) groups excluding carboxylic acids is 1. The number of carboxylic acids is 1. The van der Waals surface area contributed by atoms with Crippen molar-refractivity contribution in [2.45, 2.75) is 53.5 Å². The molecular weight excluding hydrogens is 673 g/mol. The highest BCUT2D eigenvalue weighted by atomic mass is 35.5. The average molecular weight is 713 g/mol. The number of aryl methyl sites for hydroxylation is 6. The molecule has 0 bridgehead atoms. The van der Waals surface area contributed by atoms with E-state index in [9.17, 15) is 14.7 Å². The number of fused-ring (bicyclic) bond motifs is 4. The minimum absolute atomic E-state index is 0.137. The number of rotatable bonds is 8. The highest BCUT2D eigenvalue weighted by Gasteiger charge is 2.38. The van der Waals surface area contributed by atoms with E-state index < -0.39 is 5.97 Å². The molecule has 0 fully saturated rings. The van der Waals surface area contributed by atoms with Gasteiger partial charge in [-0.1, -0.05) is 35.3 Å². The molecule has 4 heterocycles. The first-order valence-electron chi connectivity index (χ1n) is 16.7. The number of hydrogen-bond acceptors (Lipinski definition) is 4. The lowest BCUT2D eigenvalue weighted by molar-refractivity contribution is 0.0698. The average Bonchev–Trinajstić information content (AvgIpc) is 3.67. The summed E-state index contributed by atoms with van der Waals surface area (Å²) < 4.78 is 12.1. The summed E-state index contributed by atoms with van der Waals surface area (Å²) in [5, 5.41) is 17.5. The van der Waals surface area contributed by atoms with Crippen LogP contribution in [0.4, 0.5) is 5.82 Å². The fraction of sp³-hybridized carbons (Fsp3) is 0.308. The maximum absolute atomic E-state index is 14.9. The van der Waals surface area contributed by atoms with Gasteiger partial charge in [-0.3, -0.25) is 14.4 Å². The Morgan fingerprint density at radius 1 is 1.00 bits per heavy atom. The smallest absolute Gasteiger partial charge is 0.336 e. The first kappa shape index (κ1) is 33.8. The molecule has 7 rings (SSSR count). The van der Waals surface area contributed by atoms with Gasteiger partial charge in [-0.05, 0) is 101 Å². The van der Waals surface area contributed by atoms with Crippen molar-refractivity contribution in [3.05, 3.63) is 97.9 Å². The molecular formula is C39H39Cl2N5O4. The van der Waals surface area contributed by atoms with Crippen molar-refractivity contribution in [2.75, 3.05) is 18.1 Å². The van der Waals surface area contributed by atoms with Gasteiger partial charge < -0.3 is 19.0 Å². The van der Waals surface area contributed by atoms with Crippen LogP contribution in [0.15, 0.2) is 48.5 Å². The van der Waals surface area contributed by atoms with Crippen LogP contribution < -0.4 is 9.64 Å². The molecule has 0 radical (unpaired) electrons. The van der Waals surface area contributed by atoms with E-state index in [0.29, 0.717) is 47.9 Å². The maximum Gasteiger partial charge on any atom is 0.336 e. The third kappa shape index (κ3) is 5.26. The summed E-state index contributed by atoms with van der Waals surface area (Å²) in [6, 6.07) is 14.7. The van der Waals surface area contributed by atoms with E-state index in [1.54, 1.807) is 17.0 Å². The molecule has 9 nitrogen and oxygen atoms in total. The Bertz CT molecular complexity index is 2360. The summed E-state index contributed by atoms with van der Waals surface area (Å²) in [6.07, 6.45) is 1.24. The molecule has 1 aliphatic heterocycles. The van der Waals surface area contributed by atoms with Crippen molar-refractivity contribution in [3.8, 4) is 16.9 Å². The Morgan fingerprint density at radius 2 is 1.72 bits per heavy atom. The van der Waals surface area contributed by atoms with Crippen molar-refractivity contribution in [1.29, 1.82) is 0 Å². The molecule has 0 spiro atoms.